The maximum atomic E-state index is 10.6. The summed E-state index contributed by atoms with van der Waals surface area (Å²) in [4.78, 5) is 14.7. The summed E-state index contributed by atoms with van der Waals surface area (Å²) in [5, 5.41) is 0.443. The molecule has 1 aromatic heterocycles. The normalized spacial score (nSPS) is 10.4. The second kappa shape index (κ2) is 5.37. The summed E-state index contributed by atoms with van der Waals surface area (Å²) in [5.74, 6) is 0.439. The molecule has 0 aliphatic carbocycles. The molecule has 2 rings (SSSR count). The highest BCUT2D eigenvalue weighted by Crippen LogP contribution is 2.26. The van der Waals surface area contributed by atoms with E-state index >= 15 is 0 Å². The molecule has 0 radical (unpaired) electrons. The first-order valence-corrected chi connectivity index (χ1v) is 6.56. The van der Waals surface area contributed by atoms with E-state index in [1.807, 2.05) is 24.3 Å². The molecule has 1 aromatic carbocycles. The predicted molar refractivity (Wildman–Crippen MR) is 69.6 cm³/mol. The quantitative estimate of drug-likeness (QED) is 0.881. The summed E-state index contributed by atoms with van der Waals surface area (Å²) >= 11 is 4.57. The zero-order chi connectivity index (χ0) is 12.3. The fourth-order valence-corrected chi connectivity index (χ4v) is 2.17. The van der Waals surface area contributed by atoms with Crippen LogP contribution in [0.3, 0.4) is 0 Å². The molecule has 1 amide bonds. The number of aromatic nitrogens is 1. The number of oxazole rings is 1. The summed E-state index contributed by atoms with van der Waals surface area (Å²) in [6.07, 6.45) is 1.63. The SMILES string of the molecule is NC(=O)CSc1ncc(-c2cccc(Br)c2)o1. The van der Waals surface area contributed by atoms with Gasteiger partial charge in [0.15, 0.2) is 5.76 Å². The van der Waals surface area contributed by atoms with Crippen molar-refractivity contribution in [2.75, 3.05) is 5.75 Å². The molecule has 1 heterocycles. The van der Waals surface area contributed by atoms with Crippen molar-refractivity contribution in [2.24, 2.45) is 5.73 Å². The third-order valence-electron chi connectivity index (χ3n) is 1.93. The number of hydrogen-bond donors (Lipinski definition) is 1. The summed E-state index contributed by atoms with van der Waals surface area (Å²) in [5.41, 5.74) is 5.97. The number of nitrogens with zero attached hydrogens (tertiary/aromatic N) is 1. The van der Waals surface area contributed by atoms with Crippen molar-refractivity contribution in [3.05, 3.63) is 34.9 Å². The van der Waals surface area contributed by atoms with Gasteiger partial charge in [-0.3, -0.25) is 4.79 Å². The maximum Gasteiger partial charge on any atom is 0.256 e. The molecule has 0 saturated heterocycles. The Kier molecular flexibility index (Phi) is 3.86. The second-order valence-corrected chi connectivity index (χ2v) is 5.10. The number of nitrogens with two attached hydrogens (primary N) is 1. The summed E-state index contributed by atoms with van der Waals surface area (Å²) in [6.45, 7) is 0. The monoisotopic (exact) mass is 312 g/mol. The van der Waals surface area contributed by atoms with Gasteiger partial charge in [0, 0.05) is 10.0 Å². The number of carbonyl (C=O) groups excluding carboxylic acids is 1. The molecule has 88 valence electrons. The lowest BCUT2D eigenvalue weighted by Crippen LogP contribution is -2.12. The lowest BCUT2D eigenvalue weighted by molar-refractivity contribution is -0.115. The molecule has 0 atom stereocenters. The lowest BCUT2D eigenvalue weighted by atomic mass is 10.2. The largest absolute Gasteiger partial charge is 0.431 e. The summed E-state index contributed by atoms with van der Waals surface area (Å²) in [6, 6.07) is 7.71. The third kappa shape index (κ3) is 3.34. The number of thioether (sulfide) groups is 1. The van der Waals surface area contributed by atoms with Crippen LogP contribution in [-0.2, 0) is 4.79 Å². The van der Waals surface area contributed by atoms with Crippen molar-refractivity contribution in [2.45, 2.75) is 5.22 Å². The Bertz CT molecular complexity index is 542. The van der Waals surface area contributed by atoms with E-state index in [9.17, 15) is 4.79 Å². The van der Waals surface area contributed by atoms with Gasteiger partial charge in [-0.2, -0.15) is 0 Å². The molecule has 0 bridgehead atoms. The Morgan fingerprint density at radius 3 is 3.06 bits per heavy atom. The average Bonchev–Trinajstić information content (AvgIpc) is 2.75. The fraction of sp³-hybridized carbons (Fsp3) is 0.0909. The van der Waals surface area contributed by atoms with E-state index in [0.29, 0.717) is 11.0 Å². The van der Waals surface area contributed by atoms with Crippen LogP contribution in [0.1, 0.15) is 0 Å². The average molecular weight is 313 g/mol. The first-order valence-electron chi connectivity index (χ1n) is 4.78. The Labute approximate surface area is 111 Å². The molecule has 2 aromatic rings. The Hall–Kier alpha value is -1.27. The van der Waals surface area contributed by atoms with Crippen LogP contribution in [0.4, 0.5) is 0 Å². The van der Waals surface area contributed by atoms with Gasteiger partial charge >= 0.3 is 0 Å². The minimum atomic E-state index is -0.391. The van der Waals surface area contributed by atoms with Crippen LogP contribution in [-0.4, -0.2) is 16.6 Å². The number of halogens is 1. The Morgan fingerprint density at radius 1 is 1.53 bits per heavy atom. The van der Waals surface area contributed by atoms with Gasteiger partial charge in [0.1, 0.15) is 0 Å². The smallest absolute Gasteiger partial charge is 0.256 e. The van der Waals surface area contributed by atoms with E-state index in [4.69, 9.17) is 10.2 Å². The molecule has 6 heteroatoms. The van der Waals surface area contributed by atoms with Crippen molar-refractivity contribution in [1.82, 2.24) is 4.98 Å². The van der Waals surface area contributed by atoms with E-state index in [1.54, 1.807) is 6.20 Å². The number of primary amides is 1. The molecule has 0 aliphatic rings. The number of amides is 1. The molecule has 4 nitrogen and oxygen atoms in total. The molecule has 0 spiro atoms. The van der Waals surface area contributed by atoms with Gasteiger partial charge in [-0.15, -0.1) is 0 Å². The van der Waals surface area contributed by atoms with Gasteiger partial charge < -0.3 is 10.2 Å². The van der Waals surface area contributed by atoms with Crippen LogP contribution in [0.15, 0.2) is 44.6 Å². The van der Waals surface area contributed by atoms with Gasteiger partial charge in [0.2, 0.25) is 5.91 Å². The molecular weight excluding hydrogens is 304 g/mol. The zero-order valence-corrected chi connectivity index (χ0v) is 11.1. The molecule has 0 saturated carbocycles. The topological polar surface area (TPSA) is 69.1 Å². The van der Waals surface area contributed by atoms with Gasteiger partial charge in [0.05, 0.1) is 11.9 Å². The minimum Gasteiger partial charge on any atom is -0.431 e. The first kappa shape index (κ1) is 12.2. The van der Waals surface area contributed by atoms with Gasteiger partial charge in [-0.1, -0.05) is 39.8 Å². The van der Waals surface area contributed by atoms with Crippen molar-refractivity contribution < 1.29 is 9.21 Å². The predicted octanol–water partition coefficient (Wildman–Crippen LogP) is 2.68. The van der Waals surface area contributed by atoms with Gasteiger partial charge in [0.25, 0.3) is 5.22 Å². The number of carbonyl (C=O) groups is 1. The van der Waals surface area contributed by atoms with Gasteiger partial charge in [-0.25, -0.2) is 4.98 Å². The van der Waals surface area contributed by atoms with Crippen molar-refractivity contribution >= 4 is 33.6 Å². The van der Waals surface area contributed by atoms with Crippen LogP contribution >= 0.6 is 27.7 Å². The summed E-state index contributed by atoms with van der Waals surface area (Å²) in [7, 11) is 0. The standard InChI is InChI=1S/C11H9BrN2O2S/c12-8-3-1-2-7(4-8)9-5-14-11(16-9)17-6-10(13)15/h1-5H,6H2,(H2,13,15). The van der Waals surface area contributed by atoms with E-state index in [1.165, 1.54) is 11.8 Å². The molecule has 2 N–H and O–H groups in total. The van der Waals surface area contributed by atoms with Crippen molar-refractivity contribution in [3.8, 4) is 11.3 Å². The molecular formula is C11H9BrN2O2S. The van der Waals surface area contributed by atoms with E-state index in [-0.39, 0.29) is 5.75 Å². The number of hydrogen-bond acceptors (Lipinski definition) is 4. The minimum absolute atomic E-state index is 0.165. The van der Waals surface area contributed by atoms with Crippen LogP contribution in [0, 0.1) is 0 Å². The van der Waals surface area contributed by atoms with Crippen LogP contribution in [0.5, 0.6) is 0 Å². The third-order valence-corrected chi connectivity index (χ3v) is 3.29. The highest BCUT2D eigenvalue weighted by atomic mass is 79.9. The first-order chi connectivity index (χ1) is 8.15. The van der Waals surface area contributed by atoms with Crippen LogP contribution < -0.4 is 5.73 Å². The fourth-order valence-electron chi connectivity index (χ4n) is 1.23. The van der Waals surface area contributed by atoms with E-state index in [0.717, 1.165) is 10.0 Å². The highest BCUT2D eigenvalue weighted by Gasteiger charge is 2.08. The van der Waals surface area contributed by atoms with Crippen LogP contribution in [0.2, 0.25) is 0 Å². The molecule has 0 fully saturated rings. The number of benzene rings is 1. The second-order valence-electron chi connectivity index (χ2n) is 3.26. The van der Waals surface area contributed by atoms with Gasteiger partial charge in [-0.05, 0) is 12.1 Å². The Balaban J connectivity index is 2.15. The zero-order valence-electron chi connectivity index (χ0n) is 8.72. The highest BCUT2D eigenvalue weighted by molar-refractivity contribution is 9.10. The van der Waals surface area contributed by atoms with E-state index < -0.39 is 5.91 Å². The molecule has 0 aliphatic heterocycles. The van der Waals surface area contributed by atoms with E-state index in [2.05, 4.69) is 20.9 Å². The van der Waals surface area contributed by atoms with Crippen LogP contribution in [0.25, 0.3) is 11.3 Å². The maximum absolute atomic E-state index is 10.6. The summed E-state index contributed by atoms with van der Waals surface area (Å²) < 4.78 is 6.47. The van der Waals surface area contributed by atoms with Crippen molar-refractivity contribution in [1.29, 1.82) is 0 Å². The molecule has 17 heavy (non-hydrogen) atoms. The molecule has 0 unspecified atom stereocenters. The number of rotatable bonds is 4. The Morgan fingerprint density at radius 2 is 2.35 bits per heavy atom. The van der Waals surface area contributed by atoms with Crippen molar-refractivity contribution in [3.63, 3.8) is 0 Å². The lowest BCUT2D eigenvalue weighted by Gasteiger charge is -1.96.